The second-order valence-corrected chi connectivity index (χ2v) is 6.73. The Hall–Kier alpha value is -2.48. The lowest BCUT2D eigenvalue weighted by Gasteiger charge is -2.46. The third-order valence-corrected chi connectivity index (χ3v) is 5.26. The van der Waals surface area contributed by atoms with E-state index in [0.717, 1.165) is 12.8 Å². The Labute approximate surface area is 145 Å². The molecule has 4 rings (SSSR count). The van der Waals surface area contributed by atoms with Gasteiger partial charge in [-0.15, -0.1) is 0 Å². The van der Waals surface area contributed by atoms with Crippen LogP contribution < -0.4 is 5.73 Å². The van der Waals surface area contributed by atoms with Gasteiger partial charge in [-0.1, -0.05) is 0 Å². The monoisotopic (exact) mass is 342 g/mol. The van der Waals surface area contributed by atoms with Crippen LogP contribution in [0.15, 0.2) is 24.5 Å². The van der Waals surface area contributed by atoms with Gasteiger partial charge >= 0.3 is 0 Å². The summed E-state index contributed by atoms with van der Waals surface area (Å²) in [6, 6.07) is 3.71. The zero-order valence-electron chi connectivity index (χ0n) is 14.0. The second-order valence-electron chi connectivity index (χ2n) is 6.73. The number of fused-ring (bicyclic) bond motifs is 2. The molecule has 0 spiro atoms. The average Bonchev–Trinajstić information content (AvgIpc) is 3.07. The van der Waals surface area contributed by atoms with E-state index in [0.29, 0.717) is 49.9 Å². The van der Waals surface area contributed by atoms with Crippen molar-refractivity contribution in [2.24, 2.45) is 11.7 Å². The number of hydrogen-bond donors (Lipinski definition) is 1. The maximum Gasteiger partial charge on any atom is 0.274 e. The number of aromatic nitrogens is 3. The van der Waals surface area contributed by atoms with Gasteiger partial charge in [0.25, 0.3) is 5.91 Å². The predicted octanol–water partition coefficient (Wildman–Crippen LogP) is 0.141. The normalized spacial score (nSPS) is 23.8. The fraction of sp³-hybridized carbons (Fsp3) is 0.529. The van der Waals surface area contributed by atoms with Crippen LogP contribution in [0, 0.1) is 5.92 Å². The molecule has 2 N–H and O–H groups in total. The molecular formula is C17H22N6O2. The molecule has 0 saturated carbocycles. The first-order valence-electron chi connectivity index (χ1n) is 8.76. The first-order valence-corrected chi connectivity index (χ1v) is 8.76. The molecule has 132 valence electrons. The van der Waals surface area contributed by atoms with Crippen LogP contribution in [0.3, 0.4) is 0 Å². The smallest absolute Gasteiger partial charge is 0.274 e. The highest BCUT2D eigenvalue weighted by atomic mass is 16.2. The van der Waals surface area contributed by atoms with Gasteiger partial charge in [-0.2, -0.15) is 5.10 Å². The molecule has 2 saturated heterocycles. The van der Waals surface area contributed by atoms with Crippen molar-refractivity contribution < 1.29 is 9.59 Å². The van der Waals surface area contributed by atoms with Crippen LogP contribution in [0.1, 0.15) is 29.8 Å². The first kappa shape index (κ1) is 16.0. The highest BCUT2D eigenvalue weighted by Gasteiger charge is 2.40. The fourth-order valence-electron chi connectivity index (χ4n) is 4.06. The topological polar surface area (TPSA) is 96.8 Å². The summed E-state index contributed by atoms with van der Waals surface area (Å²) >= 11 is 0. The molecule has 2 amide bonds. The van der Waals surface area contributed by atoms with Gasteiger partial charge in [0.15, 0.2) is 11.3 Å². The summed E-state index contributed by atoms with van der Waals surface area (Å²) in [6.45, 7) is 2.38. The first-order chi connectivity index (χ1) is 12.2. The van der Waals surface area contributed by atoms with Crippen LogP contribution in [0.25, 0.3) is 5.65 Å². The van der Waals surface area contributed by atoms with E-state index in [1.165, 1.54) is 0 Å². The molecule has 25 heavy (non-hydrogen) atoms. The van der Waals surface area contributed by atoms with E-state index in [9.17, 15) is 9.59 Å². The third-order valence-electron chi connectivity index (χ3n) is 5.26. The van der Waals surface area contributed by atoms with Crippen molar-refractivity contribution in [1.29, 1.82) is 0 Å². The summed E-state index contributed by atoms with van der Waals surface area (Å²) in [7, 11) is 0. The van der Waals surface area contributed by atoms with Gasteiger partial charge in [0.1, 0.15) is 0 Å². The van der Waals surface area contributed by atoms with Crippen molar-refractivity contribution >= 4 is 17.5 Å². The molecule has 8 nitrogen and oxygen atoms in total. The maximum atomic E-state index is 12.8. The van der Waals surface area contributed by atoms with Crippen molar-refractivity contribution in [3.8, 4) is 0 Å². The largest absolute Gasteiger partial charge is 0.338 e. The molecule has 2 aromatic rings. The minimum absolute atomic E-state index is 0.0637. The molecule has 0 radical (unpaired) electrons. The van der Waals surface area contributed by atoms with Crippen LogP contribution in [0.4, 0.5) is 0 Å². The quantitative estimate of drug-likeness (QED) is 0.856. The predicted molar refractivity (Wildman–Crippen MR) is 90.8 cm³/mol. The molecule has 2 aliphatic rings. The van der Waals surface area contributed by atoms with Crippen molar-refractivity contribution in [3.63, 3.8) is 0 Å². The van der Waals surface area contributed by atoms with E-state index in [1.807, 2.05) is 9.80 Å². The number of nitrogens with zero attached hydrogens (tertiary/aromatic N) is 5. The third kappa shape index (κ3) is 2.86. The van der Waals surface area contributed by atoms with E-state index >= 15 is 0 Å². The number of carbonyl (C=O) groups excluding carboxylic acids is 2. The molecule has 0 aliphatic carbocycles. The van der Waals surface area contributed by atoms with Gasteiger partial charge in [-0.3, -0.25) is 9.59 Å². The number of hydrogen-bond acceptors (Lipinski definition) is 5. The number of amides is 2. The maximum absolute atomic E-state index is 12.8. The fourth-order valence-corrected chi connectivity index (χ4v) is 4.06. The lowest BCUT2D eigenvalue weighted by molar-refractivity contribution is -0.140. The Morgan fingerprint density at radius 3 is 3.04 bits per heavy atom. The number of likely N-dealkylation sites (tertiary alicyclic amines) is 2. The average molecular weight is 342 g/mol. The number of piperidine rings is 2. The Morgan fingerprint density at radius 1 is 1.36 bits per heavy atom. The Morgan fingerprint density at radius 2 is 2.24 bits per heavy atom. The molecule has 0 bridgehead atoms. The van der Waals surface area contributed by atoms with Crippen LogP contribution in [0.2, 0.25) is 0 Å². The van der Waals surface area contributed by atoms with Crippen LogP contribution in [0.5, 0.6) is 0 Å². The second kappa shape index (κ2) is 6.44. The van der Waals surface area contributed by atoms with Crippen LogP contribution in [-0.2, 0) is 4.79 Å². The van der Waals surface area contributed by atoms with E-state index in [-0.39, 0.29) is 17.9 Å². The lowest BCUT2D eigenvalue weighted by Crippen LogP contribution is -2.57. The van der Waals surface area contributed by atoms with E-state index in [4.69, 9.17) is 5.73 Å². The van der Waals surface area contributed by atoms with Gasteiger partial charge < -0.3 is 15.5 Å². The van der Waals surface area contributed by atoms with Crippen molar-refractivity contribution in [2.45, 2.75) is 25.3 Å². The summed E-state index contributed by atoms with van der Waals surface area (Å²) in [5.74, 6) is 0.446. The van der Waals surface area contributed by atoms with Gasteiger partial charge in [-0.05, 0) is 24.8 Å². The summed E-state index contributed by atoms with van der Waals surface area (Å²) in [4.78, 5) is 33.0. The minimum Gasteiger partial charge on any atom is -0.338 e. The highest BCUT2D eigenvalue weighted by molar-refractivity contribution is 5.93. The number of rotatable bonds is 3. The summed E-state index contributed by atoms with van der Waals surface area (Å²) in [5, 5.41) is 4.33. The highest BCUT2D eigenvalue weighted by Crippen LogP contribution is 2.31. The Balaban J connectivity index is 1.50. The molecule has 2 fully saturated rings. The van der Waals surface area contributed by atoms with Crippen molar-refractivity contribution in [2.75, 3.05) is 26.2 Å². The van der Waals surface area contributed by atoms with Crippen molar-refractivity contribution in [1.82, 2.24) is 24.4 Å². The lowest BCUT2D eigenvalue weighted by atomic mass is 9.83. The van der Waals surface area contributed by atoms with Gasteiger partial charge in [-0.25, -0.2) is 9.50 Å². The SMILES string of the molecule is NCCN1C(=O)CC[C@H]2CN(C(=O)c3cc4ncccn4n3)CC[C@H]21. The molecule has 0 unspecified atom stereocenters. The molecule has 2 atom stereocenters. The summed E-state index contributed by atoms with van der Waals surface area (Å²) < 4.78 is 1.61. The van der Waals surface area contributed by atoms with Gasteiger partial charge in [0, 0.05) is 57.1 Å². The van der Waals surface area contributed by atoms with Gasteiger partial charge in [0.2, 0.25) is 5.91 Å². The number of carbonyl (C=O) groups is 2. The van der Waals surface area contributed by atoms with Crippen molar-refractivity contribution in [3.05, 3.63) is 30.2 Å². The summed E-state index contributed by atoms with van der Waals surface area (Å²) in [5.41, 5.74) is 6.74. The van der Waals surface area contributed by atoms with Crippen LogP contribution >= 0.6 is 0 Å². The molecule has 4 heterocycles. The number of nitrogens with two attached hydrogens (primary N) is 1. The minimum atomic E-state index is -0.0637. The van der Waals surface area contributed by atoms with E-state index in [1.54, 1.807) is 29.0 Å². The van der Waals surface area contributed by atoms with Crippen LogP contribution in [-0.4, -0.2) is 68.4 Å². The molecule has 8 heteroatoms. The van der Waals surface area contributed by atoms with E-state index < -0.39 is 0 Å². The van der Waals surface area contributed by atoms with E-state index in [2.05, 4.69) is 10.1 Å². The Kier molecular flexibility index (Phi) is 4.12. The standard InChI is InChI=1S/C17H22N6O2/c18-5-9-22-14-4-8-21(11-12(14)2-3-16(22)24)17(25)13-10-15-19-6-1-7-23(15)20-13/h1,6-7,10,12,14H,2-5,8-9,11,18H2/t12-,14+/m0/s1. The Bertz CT molecular complexity index is 770. The zero-order chi connectivity index (χ0) is 17.4. The molecule has 0 aromatic carbocycles. The summed E-state index contributed by atoms with van der Waals surface area (Å²) in [6.07, 6.45) is 5.64. The molecular weight excluding hydrogens is 320 g/mol. The zero-order valence-corrected chi connectivity index (χ0v) is 14.0. The molecule has 2 aromatic heterocycles. The van der Waals surface area contributed by atoms with Gasteiger partial charge in [0.05, 0.1) is 0 Å². The molecule has 2 aliphatic heterocycles.